The Morgan fingerprint density at radius 2 is 1.15 bits per heavy atom. The molecule has 5 atom stereocenters. The second kappa shape index (κ2) is 14.9. The van der Waals surface area contributed by atoms with E-state index in [-0.39, 0.29) is 5.06 Å². The van der Waals surface area contributed by atoms with Crippen LogP contribution in [-0.4, -0.2) is 103 Å². The van der Waals surface area contributed by atoms with Crippen molar-refractivity contribution in [1.29, 1.82) is 0 Å². The largest absolute Gasteiger partial charge is 0.461 e. The molecule has 1 rings (SSSR count). The number of ether oxygens (including phenoxy) is 8. The van der Waals surface area contributed by atoms with Gasteiger partial charge < -0.3 is 37.9 Å². The van der Waals surface area contributed by atoms with Crippen molar-refractivity contribution in [1.82, 2.24) is 5.06 Å². The van der Waals surface area contributed by atoms with E-state index in [1.54, 1.807) is 41.5 Å². The van der Waals surface area contributed by atoms with Gasteiger partial charge in [-0.15, -0.1) is 0 Å². The first kappa shape index (κ1) is 35.5. The van der Waals surface area contributed by atoms with Gasteiger partial charge in [0.15, 0.2) is 31.2 Å². The lowest BCUT2D eigenvalue weighted by atomic mass is 9.98. The summed E-state index contributed by atoms with van der Waals surface area (Å²) >= 11 is 0. The number of hydrogen-bond acceptors (Lipinski definition) is 15. The molecule has 1 aliphatic rings. The molecule has 1 fully saturated rings. The molecule has 0 aromatic heterocycles. The standard InChI is InChI=1S/C25H39NO15/c1-13(27)36-18-16(39-21(33-10)20(38-15(3)29)19(18)37-14(2)28)11-34-17(30)12-35-26(22(31)40-24(4,5)6)23(32)41-25(7,8)9/h16,18-21H,11-12H2,1-10H3/t16-,18+,19+,20-,21+/m1/s1. The lowest BCUT2D eigenvalue weighted by Gasteiger charge is -2.43. The van der Waals surface area contributed by atoms with Crippen molar-refractivity contribution in [3.05, 3.63) is 0 Å². The Kier molecular flexibility index (Phi) is 12.9. The second-order valence-corrected chi connectivity index (χ2v) is 10.7. The Bertz CT molecular complexity index is 939. The van der Waals surface area contributed by atoms with Gasteiger partial charge in [-0.2, -0.15) is 0 Å². The normalized spacial score (nSPS) is 22.5. The maximum atomic E-state index is 12.5. The highest BCUT2D eigenvalue weighted by atomic mass is 16.8. The summed E-state index contributed by atoms with van der Waals surface area (Å²) in [5.74, 6) is -3.46. The molecule has 0 N–H and O–H groups in total. The van der Waals surface area contributed by atoms with Crippen molar-refractivity contribution in [3.63, 3.8) is 0 Å². The maximum absolute atomic E-state index is 12.5. The number of carbonyl (C=O) groups excluding carboxylic acids is 6. The summed E-state index contributed by atoms with van der Waals surface area (Å²) in [6.07, 6.45) is -9.21. The highest BCUT2D eigenvalue weighted by Crippen LogP contribution is 2.29. The lowest BCUT2D eigenvalue weighted by Crippen LogP contribution is -2.62. The first-order valence-electron chi connectivity index (χ1n) is 12.5. The quantitative estimate of drug-likeness (QED) is 0.213. The molecule has 1 saturated heterocycles. The highest BCUT2D eigenvalue weighted by molar-refractivity contribution is 5.86. The smallest absolute Gasteiger partial charge is 0.444 e. The fourth-order valence-electron chi connectivity index (χ4n) is 3.30. The van der Waals surface area contributed by atoms with Crippen LogP contribution in [0.25, 0.3) is 0 Å². The van der Waals surface area contributed by atoms with Crippen LogP contribution in [0.4, 0.5) is 9.59 Å². The minimum Gasteiger partial charge on any atom is -0.461 e. The molecule has 0 aromatic rings. The van der Waals surface area contributed by atoms with Gasteiger partial charge in [0.1, 0.15) is 23.9 Å². The van der Waals surface area contributed by atoms with E-state index < -0.39 is 91.2 Å². The second-order valence-electron chi connectivity index (χ2n) is 10.7. The summed E-state index contributed by atoms with van der Waals surface area (Å²) in [6, 6.07) is 0. The maximum Gasteiger partial charge on any atom is 0.444 e. The summed E-state index contributed by atoms with van der Waals surface area (Å²) in [5, 5.41) is 0.137. The van der Waals surface area contributed by atoms with Crippen molar-refractivity contribution < 1.29 is 71.5 Å². The number of hydroxylamine groups is 2. The molecule has 0 radical (unpaired) electrons. The monoisotopic (exact) mass is 593 g/mol. The molecule has 41 heavy (non-hydrogen) atoms. The highest BCUT2D eigenvalue weighted by Gasteiger charge is 2.52. The molecule has 234 valence electrons. The summed E-state index contributed by atoms with van der Waals surface area (Å²) in [6.45, 7) is 11.0. The van der Waals surface area contributed by atoms with Crippen molar-refractivity contribution in [2.45, 2.75) is 104 Å². The molecule has 1 heterocycles. The fourth-order valence-corrected chi connectivity index (χ4v) is 3.30. The Hall–Kier alpha value is -3.50. The number of carbonyl (C=O) groups is 6. The molecule has 0 spiro atoms. The van der Waals surface area contributed by atoms with Gasteiger partial charge >= 0.3 is 36.1 Å². The van der Waals surface area contributed by atoms with E-state index >= 15 is 0 Å². The minimum absolute atomic E-state index is 0.137. The van der Waals surface area contributed by atoms with Gasteiger partial charge in [-0.1, -0.05) is 5.06 Å². The van der Waals surface area contributed by atoms with Gasteiger partial charge in [0.25, 0.3) is 0 Å². The minimum atomic E-state index is -1.40. The van der Waals surface area contributed by atoms with Crippen LogP contribution in [0.3, 0.4) is 0 Å². The Morgan fingerprint density at radius 3 is 1.56 bits per heavy atom. The summed E-state index contributed by atoms with van der Waals surface area (Å²) in [5.41, 5.74) is -2.02. The summed E-state index contributed by atoms with van der Waals surface area (Å²) in [4.78, 5) is 77.9. The molecule has 0 bridgehead atoms. The lowest BCUT2D eigenvalue weighted by molar-refractivity contribution is -0.302. The number of methoxy groups -OCH3 is 1. The van der Waals surface area contributed by atoms with Crippen molar-refractivity contribution in [2.75, 3.05) is 20.3 Å². The van der Waals surface area contributed by atoms with E-state index in [1.807, 2.05) is 0 Å². The number of esters is 4. The predicted molar refractivity (Wildman–Crippen MR) is 134 cm³/mol. The van der Waals surface area contributed by atoms with Crippen LogP contribution < -0.4 is 0 Å². The first-order chi connectivity index (χ1) is 18.7. The van der Waals surface area contributed by atoms with E-state index in [0.717, 1.165) is 20.8 Å². The van der Waals surface area contributed by atoms with Crippen LogP contribution in [0.1, 0.15) is 62.3 Å². The number of imide groups is 1. The molecule has 0 aromatic carbocycles. The van der Waals surface area contributed by atoms with E-state index in [1.165, 1.54) is 7.11 Å². The third kappa shape index (κ3) is 12.7. The van der Waals surface area contributed by atoms with E-state index in [2.05, 4.69) is 0 Å². The number of rotatable bonds is 9. The van der Waals surface area contributed by atoms with E-state index in [9.17, 15) is 28.8 Å². The first-order valence-corrected chi connectivity index (χ1v) is 12.5. The van der Waals surface area contributed by atoms with Crippen LogP contribution >= 0.6 is 0 Å². The van der Waals surface area contributed by atoms with Gasteiger partial charge in [-0.25, -0.2) is 19.2 Å². The Balaban J connectivity index is 3.07. The van der Waals surface area contributed by atoms with Gasteiger partial charge in [-0.3, -0.25) is 14.4 Å². The van der Waals surface area contributed by atoms with Crippen LogP contribution in [0, 0.1) is 0 Å². The van der Waals surface area contributed by atoms with Crippen molar-refractivity contribution in [2.24, 2.45) is 0 Å². The molecule has 16 heteroatoms. The third-order valence-corrected chi connectivity index (χ3v) is 4.57. The number of nitrogens with zero attached hydrogens (tertiary/aromatic N) is 1. The molecule has 0 aliphatic carbocycles. The van der Waals surface area contributed by atoms with Gasteiger partial charge in [0.05, 0.1) is 0 Å². The topological polar surface area (TPSA) is 189 Å². The zero-order valence-corrected chi connectivity index (χ0v) is 24.9. The molecular weight excluding hydrogens is 554 g/mol. The number of amides is 2. The Morgan fingerprint density at radius 1 is 0.707 bits per heavy atom. The third-order valence-electron chi connectivity index (χ3n) is 4.57. The van der Waals surface area contributed by atoms with Gasteiger partial charge in [0.2, 0.25) is 0 Å². The molecule has 16 nitrogen and oxygen atoms in total. The number of hydrogen-bond donors (Lipinski definition) is 0. The molecule has 0 saturated carbocycles. The average molecular weight is 594 g/mol. The zero-order chi connectivity index (χ0) is 31.7. The zero-order valence-electron chi connectivity index (χ0n) is 24.9. The van der Waals surface area contributed by atoms with Gasteiger partial charge in [-0.05, 0) is 41.5 Å². The SMILES string of the molecule is CO[C@H]1O[C@H](COC(=O)CON(C(=O)OC(C)(C)C)C(=O)OC(C)(C)C)[C@H](OC(C)=O)[C@H](OC(C)=O)[C@H]1OC(C)=O. The Labute approximate surface area is 237 Å². The molecular formula is C25H39NO15. The average Bonchev–Trinajstić information content (AvgIpc) is 2.77. The van der Waals surface area contributed by atoms with Crippen LogP contribution in [0.15, 0.2) is 0 Å². The molecule has 0 unspecified atom stereocenters. The van der Waals surface area contributed by atoms with Crippen molar-refractivity contribution in [3.8, 4) is 0 Å². The van der Waals surface area contributed by atoms with Crippen LogP contribution in [0.2, 0.25) is 0 Å². The van der Waals surface area contributed by atoms with Crippen molar-refractivity contribution >= 4 is 36.1 Å². The summed E-state index contributed by atoms with van der Waals surface area (Å²) < 4.78 is 42.0. The molecule has 1 aliphatic heterocycles. The predicted octanol–water partition coefficient (Wildman–Crippen LogP) is 1.80. The van der Waals surface area contributed by atoms with E-state index in [4.69, 9.17) is 42.7 Å². The van der Waals surface area contributed by atoms with Crippen LogP contribution in [-0.2, 0) is 61.9 Å². The molecule has 2 amide bonds. The fraction of sp³-hybridized carbons (Fsp3) is 0.760. The summed E-state index contributed by atoms with van der Waals surface area (Å²) in [7, 11) is 1.22. The van der Waals surface area contributed by atoms with E-state index in [0.29, 0.717) is 0 Å². The van der Waals surface area contributed by atoms with Gasteiger partial charge in [0, 0.05) is 27.9 Å². The van der Waals surface area contributed by atoms with Crippen LogP contribution in [0.5, 0.6) is 0 Å².